The van der Waals surface area contributed by atoms with Crippen LogP contribution in [0.3, 0.4) is 0 Å². The van der Waals surface area contributed by atoms with Gasteiger partial charge in [0.2, 0.25) is 0 Å². The van der Waals surface area contributed by atoms with E-state index in [-0.39, 0.29) is 0 Å². The van der Waals surface area contributed by atoms with E-state index in [2.05, 4.69) is 72.6 Å². The molecule has 0 aliphatic carbocycles. The molecular weight excluding hydrogens is 230 g/mol. The Bertz CT molecular complexity index is 584. The second-order valence-corrected chi connectivity index (χ2v) is 5.25. The molecule has 19 heavy (non-hydrogen) atoms. The molecule has 1 heterocycles. The quantitative estimate of drug-likeness (QED) is 0.803. The second-order valence-electron chi connectivity index (χ2n) is 5.25. The van der Waals surface area contributed by atoms with E-state index in [0.29, 0.717) is 0 Å². The van der Waals surface area contributed by atoms with Crippen LogP contribution in [0.2, 0.25) is 0 Å². The molecule has 0 unspecified atom stereocenters. The third kappa shape index (κ3) is 2.77. The van der Waals surface area contributed by atoms with E-state index in [1.54, 1.807) is 0 Å². The Morgan fingerprint density at radius 2 is 1.68 bits per heavy atom. The van der Waals surface area contributed by atoms with Gasteiger partial charge in [-0.2, -0.15) is 0 Å². The molecule has 0 atom stereocenters. The first kappa shape index (κ1) is 12.2. The van der Waals surface area contributed by atoms with Gasteiger partial charge < -0.3 is 0 Å². The molecule has 0 amide bonds. The van der Waals surface area contributed by atoms with Crippen molar-refractivity contribution in [2.75, 3.05) is 20.1 Å². The summed E-state index contributed by atoms with van der Waals surface area (Å²) in [7, 11) is 2.17. The lowest BCUT2D eigenvalue weighted by molar-refractivity contribution is 0.438. The van der Waals surface area contributed by atoms with E-state index in [0.717, 1.165) is 19.5 Å². The van der Waals surface area contributed by atoms with Gasteiger partial charge in [0.1, 0.15) is 0 Å². The lowest BCUT2D eigenvalue weighted by atomic mass is 9.95. The van der Waals surface area contributed by atoms with Crippen molar-refractivity contribution in [1.29, 1.82) is 0 Å². The molecule has 96 valence electrons. The van der Waals surface area contributed by atoms with Gasteiger partial charge in [-0.25, -0.2) is 0 Å². The molecule has 0 N–H and O–H groups in total. The average Bonchev–Trinajstić information content (AvgIpc) is 2.87. The zero-order valence-corrected chi connectivity index (χ0v) is 11.3. The molecule has 0 radical (unpaired) electrons. The van der Waals surface area contributed by atoms with Gasteiger partial charge in [0.15, 0.2) is 0 Å². The predicted octanol–water partition coefficient (Wildman–Crippen LogP) is 3.61. The zero-order valence-electron chi connectivity index (χ0n) is 11.3. The molecule has 0 bridgehead atoms. The lowest BCUT2D eigenvalue weighted by Gasteiger charge is -2.12. The Labute approximate surface area is 115 Å². The summed E-state index contributed by atoms with van der Waals surface area (Å²) >= 11 is 0. The zero-order chi connectivity index (χ0) is 13.1. The topological polar surface area (TPSA) is 3.24 Å². The fraction of sp³-hybridized carbons (Fsp3) is 0.222. The highest BCUT2D eigenvalue weighted by molar-refractivity contribution is 5.71. The van der Waals surface area contributed by atoms with Crippen LogP contribution in [-0.2, 0) is 6.42 Å². The van der Waals surface area contributed by atoms with Crippen LogP contribution < -0.4 is 0 Å². The van der Waals surface area contributed by atoms with E-state index in [1.807, 2.05) is 0 Å². The summed E-state index contributed by atoms with van der Waals surface area (Å²) in [6, 6.07) is 19.5. The van der Waals surface area contributed by atoms with Crippen molar-refractivity contribution in [2.24, 2.45) is 0 Å². The van der Waals surface area contributed by atoms with Crippen molar-refractivity contribution < 1.29 is 0 Å². The molecule has 1 heteroatoms. The van der Waals surface area contributed by atoms with Crippen LogP contribution in [0, 0.1) is 0 Å². The first-order chi connectivity index (χ1) is 9.33. The van der Waals surface area contributed by atoms with Crippen LogP contribution in [0.25, 0.3) is 5.57 Å². The van der Waals surface area contributed by atoms with Crippen molar-refractivity contribution in [3.8, 4) is 0 Å². The van der Waals surface area contributed by atoms with Crippen molar-refractivity contribution in [3.63, 3.8) is 0 Å². The van der Waals surface area contributed by atoms with E-state index >= 15 is 0 Å². The lowest BCUT2D eigenvalue weighted by Crippen LogP contribution is -2.13. The van der Waals surface area contributed by atoms with Crippen LogP contribution >= 0.6 is 0 Å². The van der Waals surface area contributed by atoms with Crippen LogP contribution in [0.1, 0.15) is 16.7 Å². The highest BCUT2D eigenvalue weighted by atomic mass is 15.1. The largest absolute Gasteiger partial charge is 0.298 e. The summed E-state index contributed by atoms with van der Waals surface area (Å²) in [5.41, 5.74) is 5.68. The molecule has 1 aliphatic heterocycles. The molecule has 1 aliphatic rings. The maximum absolute atomic E-state index is 2.35. The van der Waals surface area contributed by atoms with Gasteiger partial charge >= 0.3 is 0 Å². The highest BCUT2D eigenvalue weighted by Gasteiger charge is 2.14. The van der Waals surface area contributed by atoms with E-state index in [9.17, 15) is 0 Å². The van der Waals surface area contributed by atoms with Gasteiger partial charge in [-0.1, -0.05) is 60.7 Å². The molecule has 3 rings (SSSR count). The van der Waals surface area contributed by atoms with E-state index < -0.39 is 0 Å². The van der Waals surface area contributed by atoms with Gasteiger partial charge in [-0.3, -0.25) is 4.90 Å². The summed E-state index contributed by atoms with van der Waals surface area (Å²) < 4.78 is 0. The van der Waals surface area contributed by atoms with E-state index in [1.165, 1.54) is 22.3 Å². The van der Waals surface area contributed by atoms with E-state index in [4.69, 9.17) is 0 Å². The number of likely N-dealkylation sites (N-methyl/N-ethyl adjacent to an activating group) is 1. The van der Waals surface area contributed by atoms with Crippen molar-refractivity contribution in [3.05, 3.63) is 77.4 Å². The SMILES string of the molecule is CN1CC=C(c2ccccc2Cc2ccccc2)C1. The minimum Gasteiger partial charge on any atom is -0.298 e. The molecule has 0 saturated carbocycles. The smallest absolute Gasteiger partial charge is 0.0237 e. The Hall–Kier alpha value is -1.86. The molecule has 2 aromatic rings. The Kier molecular flexibility index (Phi) is 3.47. The molecular formula is C18H19N. The summed E-state index contributed by atoms with van der Waals surface area (Å²) in [5.74, 6) is 0. The second kappa shape index (κ2) is 5.41. The summed E-state index contributed by atoms with van der Waals surface area (Å²) in [6.07, 6.45) is 3.36. The molecule has 0 aromatic heterocycles. The first-order valence-electron chi connectivity index (χ1n) is 6.83. The Morgan fingerprint density at radius 3 is 2.42 bits per heavy atom. The number of rotatable bonds is 3. The standard InChI is InChI=1S/C18H19N/c1-19-12-11-17(14-19)18-10-6-5-9-16(18)13-15-7-3-2-4-8-15/h2-11H,12-14H2,1H3. The van der Waals surface area contributed by atoms with Crippen LogP contribution in [0.4, 0.5) is 0 Å². The summed E-state index contributed by atoms with van der Waals surface area (Å²) in [5, 5.41) is 0. The summed E-state index contributed by atoms with van der Waals surface area (Å²) in [6.45, 7) is 2.13. The average molecular weight is 249 g/mol. The third-order valence-corrected chi connectivity index (χ3v) is 3.69. The molecule has 0 fully saturated rings. The van der Waals surface area contributed by atoms with Crippen LogP contribution in [0.5, 0.6) is 0 Å². The maximum atomic E-state index is 2.35. The predicted molar refractivity (Wildman–Crippen MR) is 81.2 cm³/mol. The van der Waals surface area contributed by atoms with Crippen LogP contribution in [0.15, 0.2) is 60.7 Å². The van der Waals surface area contributed by atoms with Crippen molar-refractivity contribution in [2.45, 2.75) is 6.42 Å². The van der Waals surface area contributed by atoms with Gasteiger partial charge in [0.05, 0.1) is 0 Å². The fourth-order valence-electron chi connectivity index (χ4n) is 2.68. The third-order valence-electron chi connectivity index (χ3n) is 3.69. The Balaban J connectivity index is 1.90. The molecule has 1 nitrogen and oxygen atoms in total. The number of benzene rings is 2. The number of nitrogens with zero attached hydrogens (tertiary/aromatic N) is 1. The molecule has 0 spiro atoms. The fourth-order valence-corrected chi connectivity index (χ4v) is 2.68. The van der Waals surface area contributed by atoms with Gasteiger partial charge in [-0.05, 0) is 35.7 Å². The van der Waals surface area contributed by atoms with Crippen molar-refractivity contribution >= 4 is 5.57 Å². The number of hydrogen-bond acceptors (Lipinski definition) is 1. The van der Waals surface area contributed by atoms with Crippen molar-refractivity contribution in [1.82, 2.24) is 4.90 Å². The van der Waals surface area contributed by atoms with Gasteiger partial charge in [0, 0.05) is 13.1 Å². The summed E-state index contributed by atoms with van der Waals surface area (Å²) in [4.78, 5) is 2.34. The molecule has 0 saturated heterocycles. The number of hydrogen-bond donors (Lipinski definition) is 0. The maximum Gasteiger partial charge on any atom is 0.0237 e. The molecule has 2 aromatic carbocycles. The first-order valence-corrected chi connectivity index (χ1v) is 6.83. The van der Waals surface area contributed by atoms with Gasteiger partial charge in [-0.15, -0.1) is 0 Å². The van der Waals surface area contributed by atoms with Gasteiger partial charge in [0.25, 0.3) is 0 Å². The monoisotopic (exact) mass is 249 g/mol. The normalized spacial score (nSPS) is 15.5. The van der Waals surface area contributed by atoms with Crippen LogP contribution in [-0.4, -0.2) is 25.0 Å². The minimum atomic E-state index is 1.01. The minimum absolute atomic E-state index is 1.01. The Morgan fingerprint density at radius 1 is 0.947 bits per heavy atom. The highest BCUT2D eigenvalue weighted by Crippen LogP contribution is 2.25.